The molecule has 6 nitrogen and oxygen atoms in total. The van der Waals surface area contributed by atoms with Crippen molar-refractivity contribution in [1.29, 1.82) is 0 Å². The van der Waals surface area contributed by atoms with Gasteiger partial charge in [-0.2, -0.15) is 5.10 Å². The first-order valence-corrected chi connectivity index (χ1v) is 6.06. The number of aromatic nitrogens is 4. The van der Waals surface area contributed by atoms with Crippen LogP contribution in [-0.2, 0) is 13.6 Å². The first-order valence-electron chi connectivity index (χ1n) is 6.06. The van der Waals surface area contributed by atoms with Crippen LogP contribution in [-0.4, -0.2) is 26.3 Å². The molecular formula is C12H18N6. The summed E-state index contributed by atoms with van der Waals surface area (Å²) in [5.41, 5.74) is 1.10. The van der Waals surface area contributed by atoms with Gasteiger partial charge < -0.3 is 10.6 Å². The summed E-state index contributed by atoms with van der Waals surface area (Å²) >= 11 is 0. The van der Waals surface area contributed by atoms with Crippen LogP contribution in [0.1, 0.15) is 19.0 Å². The molecule has 6 heteroatoms. The summed E-state index contributed by atoms with van der Waals surface area (Å²) in [5.74, 6) is 1.56. The Morgan fingerprint density at radius 2 is 2.00 bits per heavy atom. The SMILES string of the molecule is CCCNc1cncc(NCc2ccnn2C)n1. The number of anilines is 2. The smallest absolute Gasteiger partial charge is 0.147 e. The third kappa shape index (κ3) is 3.19. The second-order valence-electron chi connectivity index (χ2n) is 4.02. The van der Waals surface area contributed by atoms with Crippen molar-refractivity contribution in [2.45, 2.75) is 19.9 Å². The molecule has 0 spiro atoms. The highest BCUT2D eigenvalue weighted by molar-refractivity contribution is 5.41. The molecule has 18 heavy (non-hydrogen) atoms. The summed E-state index contributed by atoms with van der Waals surface area (Å²) in [5, 5.41) is 10.6. The second-order valence-corrected chi connectivity index (χ2v) is 4.02. The molecule has 0 saturated heterocycles. The van der Waals surface area contributed by atoms with Crippen LogP contribution < -0.4 is 10.6 Å². The molecule has 0 aromatic carbocycles. The second kappa shape index (κ2) is 6.00. The van der Waals surface area contributed by atoms with E-state index in [1.54, 1.807) is 18.6 Å². The van der Waals surface area contributed by atoms with Crippen molar-refractivity contribution in [3.05, 3.63) is 30.4 Å². The highest BCUT2D eigenvalue weighted by atomic mass is 15.3. The molecule has 0 radical (unpaired) electrons. The van der Waals surface area contributed by atoms with Crippen molar-refractivity contribution in [3.8, 4) is 0 Å². The van der Waals surface area contributed by atoms with E-state index >= 15 is 0 Å². The number of nitrogens with one attached hydrogen (secondary N) is 2. The molecule has 2 rings (SSSR count). The van der Waals surface area contributed by atoms with Gasteiger partial charge in [-0.25, -0.2) is 4.98 Å². The van der Waals surface area contributed by atoms with E-state index in [0.717, 1.165) is 30.3 Å². The number of rotatable bonds is 6. The van der Waals surface area contributed by atoms with E-state index in [2.05, 4.69) is 32.6 Å². The van der Waals surface area contributed by atoms with Crippen molar-refractivity contribution < 1.29 is 0 Å². The molecule has 2 aromatic heterocycles. The number of hydrogen-bond donors (Lipinski definition) is 2. The molecule has 0 bridgehead atoms. The summed E-state index contributed by atoms with van der Waals surface area (Å²) in [6.45, 7) is 3.70. The lowest BCUT2D eigenvalue weighted by Crippen LogP contribution is -2.08. The van der Waals surface area contributed by atoms with E-state index in [1.807, 2.05) is 17.8 Å². The Morgan fingerprint density at radius 1 is 1.22 bits per heavy atom. The fraction of sp³-hybridized carbons (Fsp3) is 0.417. The first kappa shape index (κ1) is 12.3. The molecule has 0 aliphatic heterocycles. The third-order valence-electron chi connectivity index (χ3n) is 2.56. The predicted molar refractivity (Wildman–Crippen MR) is 71.3 cm³/mol. The lowest BCUT2D eigenvalue weighted by molar-refractivity contribution is 0.720. The van der Waals surface area contributed by atoms with E-state index in [1.165, 1.54) is 0 Å². The average molecular weight is 246 g/mol. The normalized spacial score (nSPS) is 10.3. The maximum atomic E-state index is 4.42. The molecule has 96 valence electrons. The zero-order chi connectivity index (χ0) is 12.8. The van der Waals surface area contributed by atoms with Gasteiger partial charge in [-0.3, -0.25) is 9.67 Å². The standard InChI is InChI=1S/C12H18N6/c1-3-5-14-11-8-13-9-12(17-11)15-7-10-4-6-16-18(10)2/h4,6,8-9H,3,5,7H2,1-2H3,(H2,14,15,17). The molecule has 0 aliphatic carbocycles. The van der Waals surface area contributed by atoms with Gasteiger partial charge in [0.25, 0.3) is 0 Å². The van der Waals surface area contributed by atoms with E-state index in [4.69, 9.17) is 0 Å². The van der Waals surface area contributed by atoms with Gasteiger partial charge in [0, 0.05) is 19.8 Å². The van der Waals surface area contributed by atoms with E-state index in [0.29, 0.717) is 6.54 Å². The highest BCUT2D eigenvalue weighted by Crippen LogP contribution is 2.08. The largest absolute Gasteiger partial charge is 0.369 e. The Morgan fingerprint density at radius 3 is 2.67 bits per heavy atom. The fourth-order valence-electron chi connectivity index (χ4n) is 1.55. The van der Waals surface area contributed by atoms with Gasteiger partial charge in [-0.1, -0.05) is 6.92 Å². The van der Waals surface area contributed by atoms with Crippen molar-refractivity contribution in [2.75, 3.05) is 17.2 Å². The van der Waals surface area contributed by atoms with Crippen molar-refractivity contribution in [3.63, 3.8) is 0 Å². The molecule has 0 aliphatic rings. The zero-order valence-corrected chi connectivity index (χ0v) is 10.7. The molecule has 0 amide bonds. The van der Waals surface area contributed by atoms with Gasteiger partial charge in [-0.15, -0.1) is 0 Å². The van der Waals surface area contributed by atoms with Gasteiger partial charge in [0.05, 0.1) is 24.6 Å². The molecular weight excluding hydrogens is 228 g/mol. The first-order chi connectivity index (χ1) is 8.79. The lowest BCUT2D eigenvalue weighted by Gasteiger charge is -2.08. The molecule has 0 saturated carbocycles. The number of aryl methyl sites for hydroxylation is 1. The maximum Gasteiger partial charge on any atom is 0.147 e. The van der Waals surface area contributed by atoms with Gasteiger partial charge in [0.1, 0.15) is 11.6 Å². The minimum absolute atomic E-state index is 0.683. The van der Waals surface area contributed by atoms with Crippen LogP contribution in [0.5, 0.6) is 0 Å². The zero-order valence-electron chi connectivity index (χ0n) is 10.7. The van der Waals surface area contributed by atoms with Crippen LogP contribution in [0.4, 0.5) is 11.6 Å². The third-order valence-corrected chi connectivity index (χ3v) is 2.56. The van der Waals surface area contributed by atoms with Crippen LogP contribution in [0.2, 0.25) is 0 Å². The Bertz CT molecular complexity index is 493. The summed E-state index contributed by atoms with van der Waals surface area (Å²) < 4.78 is 1.83. The van der Waals surface area contributed by atoms with Crippen LogP contribution in [0.3, 0.4) is 0 Å². The van der Waals surface area contributed by atoms with E-state index < -0.39 is 0 Å². The summed E-state index contributed by atoms with van der Waals surface area (Å²) in [6, 6.07) is 1.97. The number of nitrogens with zero attached hydrogens (tertiary/aromatic N) is 4. The summed E-state index contributed by atoms with van der Waals surface area (Å²) in [7, 11) is 1.92. The van der Waals surface area contributed by atoms with Crippen molar-refractivity contribution in [1.82, 2.24) is 19.7 Å². The van der Waals surface area contributed by atoms with Gasteiger partial charge in [-0.05, 0) is 12.5 Å². The van der Waals surface area contributed by atoms with Gasteiger partial charge >= 0.3 is 0 Å². The van der Waals surface area contributed by atoms with Gasteiger partial charge in [0.15, 0.2) is 0 Å². The van der Waals surface area contributed by atoms with Crippen LogP contribution in [0.15, 0.2) is 24.7 Å². The molecule has 0 atom stereocenters. The van der Waals surface area contributed by atoms with Crippen molar-refractivity contribution in [2.24, 2.45) is 7.05 Å². The van der Waals surface area contributed by atoms with Crippen LogP contribution in [0.25, 0.3) is 0 Å². The Balaban J connectivity index is 1.95. The molecule has 0 fully saturated rings. The molecule has 2 heterocycles. The van der Waals surface area contributed by atoms with E-state index in [9.17, 15) is 0 Å². The molecule has 2 N–H and O–H groups in total. The minimum Gasteiger partial charge on any atom is -0.369 e. The minimum atomic E-state index is 0.683. The lowest BCUT2D eigenvalue weighted by atomic mass is 10.4. The van der Waals surface area contributed by atoms with Crippen LogP contribution in [0, 0.1) is 0 Å². The Kier molecular flexibility index (Phi) is 4.11. The van der Waals surface area contributed by atoms with Crippen molar-refractivity contribution >= 4 is 11.6 Å². The Labute approximate surface area is 106 Å². The Hall–Kier alpha value is -2.11. The average Bonchev–Trinajstić information content (AvgIpc) is 2.80. The highest BCUT2D eigenvalue weighted by Gasteiger charge is 2.00. The van der Waals surface area contributed by atoms with Gasteiger partial charge in [0.2, 0.25) is 0 Å². The monoisotopic (exact) mass is 246 g/mol. The number of hydrogen-bond acceptors (Lipinski definition) is 5. The maximum absolute atomic E-state index is 4.42. The van der Waals surface area contributed by atoms with Crippen LogP contribution >= 0.6 is 0 Å². The quantitative estimate of drug-likeness (QED) is 0.811. The summed E-state index contributed by atoms with van der Waals surface area (Å²) in [4.78, 5) is 8.57. The van der Waals surface area contributed by atoms with E-state index in [-0.39, 0.29) is 0 Å². The topological polar surface area (TPSA) is 67.7 Å². The molecule has 0 unspecified atom stereocenters. The fourth-order valence-corrected chi connectivity index (χ4v) is 1.55. The predicted octanol–water partition coefficient (Wildman–Crippen LogP) is 1.64. The molecule has 2 aromatic rings. The summed E-state index contributed by atoms with van der Waals surface area (Å²) in [6.07, 6.45) is 6.29.